The minimum Gasteiger partial charge on any atom is -0.379 e. The second-order valence-electron chi connectivity index (χ2n) is 5.98. The number of carbonyl (C=O) groups excluding carboxylic acids is 1. The molecule has 2 aliphatic rings. The van der Waals surface area contributed by atoms with Crippen molar-refractivity contribution in [3.05, 3.63) is 0 Å². The van der Waals surface area contributed by atoms with Gasteiger partial charge in [-0.25, -0.2) is 0 Å². The molecule has 2 heterocycles. The van der Waals surface area contributed by atoms with E-state index in [1.807, 2.05) is 4.90 Å². The number of rotatable bonds is 1. The molecule has 0 radical (unpaired) electrons. The monoisotopic (exact) mass is 240 g/mol. The molecule has 0 aliphatic carbocycles. The van der Waals surface area contributed by atoms with Crippen LogP contribution in [0.25, 0.3) is 0 Å². The molecule has 4 heteroatoms. The molecule has 0 bridgehead atoms. The van der Waals surface area contributed by atoms with Crippen molar-refractivity contribution in [1.82, 2.24) is 4.90 Å². The minimum atomic E-state index is -0.773. The molecule has 1 amide bonds. The first-order chi connectivity index (χ1) is 7.94. The van der Waals surface area contributed by atoms with Gasteiger partial charge in [0.05, 0.1) is 6.61 Å². The predicted molar refractivity (Wildman–Crippen MR) is 66.5 cm³/mol. The molecular weight excluding hydrogens is 216 g/mol. The number of nitrogens with two attached hydrogens (primary N) is 1. The molecule has 98 valence electrons. The van der Waals surface area contributed by atoms with Crippen LogP contribution in [0.3, 0.4) is 0 Å². The summed E-state index contributed by atoms with van der Waals surface area (Å²) in [6.07, 6.45) is 1.84. The average Bonchev–Trinajstić information content (AvgIpc) is 2.71. The molecule has 2 aliphatic heterocycles. The molecule has 2 N–H and O–H groups in total. The summed E-state index contributed by atoms with van der Waals surface area (Å²) in [7, 11) is 0. The van der Waals surface area contributed by atoms with Crippen molar-refractivity contribution in [3.8, 4) is 0 Å². The van der Waals surface area contributed by atoms with Crippen molar-refractivity contribution in [2.45, 2.75) is 45.2 Å². The normalized spacial score (nSPS) is 42.8. The standard InChI is InChI=1S/C13H24N2O2/c1-9-6-10(2)11(3)15(7-9)12(16)13(14)4-5-17-8-13/h9-11H,4-8,14H2,1-3H3. The van der Waals surface area contributed by atoms with Gasteiger partial charge in [0, 0.05) is 19.2 Å². The van der Waals surface area contributed by atoms with Crippen molar-refractivity contribution >= 4 is 5.91 Å². The van der Waals surface area contributed by atoms with Crippen molar-refractivity contribution in [3.63, 3.8) is 0 Å². The van der Waals surface area contributed by atoms with E-state index in [1.54, 1.807) is 0 Å². The quantitative estimate of drug-likeness (QED) is 0.744. The van der Waals surface area contributed by atoms with E-state index >= 15 is 0 Å². The van der Waals surface area contributed by atoms with Crippen LogP contribution in [-0.2, 0) is 9.53 Å². The summed E-state index contributed by atoms with van der Waals surface area (Å²) < 4.78 is 5.29. The van der Waals surface area contributed by atoms with Gasteiger partial charge in [0.15, 0.2) is 0 Å². The lowest BCUT2D eigenvalue weighted by atomic mass is 9.84. The number of ether oxygens (including phenoxy) is 1. The maximum Gasteiger partial charge on any atom is 0.245 e. The van der Waals surface area contributed by atoms with Crippen LogP contribution in [0.5, 0.6) is 0 Å². The van der Waals surface area contributed by atoms with Gasteiger partial charge in [0.2, 0.25) is 5.91 Å². The van der Waals surface area contributed by atoms with Gasteiger partial charge >= 0.3 is 0 Å². The number of likely N-dealkylation sites (tertiary alicyclic amines) is 1. The highest BCUT2D eigenvalue weighted by atomic mass is 16.5. The number of nitrogens with zero attached hydrogens (tertiary/aromatic N) is 1. The Bertz CT molecular complexity index is 300. The van der Waals surface area contributed by atoms with Gasteiger partial charge in [-0.05, 0) is 31.6 Å². The Morgan fingerprint density at radius 2 is 2.12 bits per heavy atom. The summed E-state index contributed by atoms with van der Waals surface area (Å²) in [4.78, 5) is 14.5. The Kier molecular flexibility index (Phi) is 3.46. The number of amides is 1. The molecule has 4 unspecified atom stereocenters. The molecule has 4 atom stereocenters. The third kappa shape index (κ3) is 2.33. The molecule has 0 aromatic heterocycles. The van der Waals surface area contributed by atoms with E-state index < -0.39 is 5.54 Å². The van der Waals surface area contributed by atoms with Gasteiger partial charge in [-0.1, -0.05) is 13.8 Å². The number of piperidine rings is 1. The zero-order chi connectivity index (χ0) is 12.6. The highest BCUT2D eigenvalue weighted by Gasteiger charge is 2.44. The van der Waals surface area contributed by atoms with Crippen LogP contribution in [0, 0.1) is 11.8 Å². The predicted octanol–water partition coefficient (Wildman–Crippen LogP) is 0.997. The first-order valence-corrected chi connectivity index (χ1v) is 6.62. The van der Waals surface area contributed by atoms with Crippen LogP contribution in [0.15, 0.2) is 0 Å². The molecule has 0 aromatic carbocycles. The zero-order valence-corrected chi connectivity index (χ0v) is 11.1. The van der Waals surface area contributed by atoms with Crippen LogP contribution in [0.4, 0.5) is 0 Å². The van der Waals surface area contributed by atoms with Crippen LogP contribution in [-0.4, -0.2) is 42.1 Å². The van der Waals surface area contributed by atoms with Gasteiger partial charge in [-0.3, -0.25) is 4.79 Å². The fourth-order valence-electron chi connectivity index (χ4n) is 3.02. The summed E-state index contributed by atoms with van der Waals surface area (Å²) in [6, 6.07) is 0.291. The topological polar surface area (TPSA) is 55.6 Å². The van der Waals surface area contributed by atoms with Crippen LogP contribution < -0.4 is 5.73 Å². The van der Waals surface area contributed by atoms with Gasteiger partial charge in [-0.15, -0.1) is 0 Å². The van der Waals surface area contributed by atoms with Gasteiger partial charge in [0.25, 0.3) is 0 Å². The van der Waals surface area contributed by atoms with Crippen LogP contribution in [0.1, 0.15) is 33.6 Å². The lowest BCUT2D eigenvalue weighted by Gasteiger charge is -2.43. The third-order valence-corrected chi connectivity index (χ3v) is 4.34. The molecule has 2 saturated heterocycles. The Morgan fingerprint density at radius 1 is 1.41 bits per heavy atom. The van der Waals surface area contributed by atoms with E-state index in [4.69, 9.17) is 10.5 Å². The van der Waals surface area contributed by atoms with Gasteiger partial charge < -0.3 is 15.4 Å². The first kappa shape index (κ1) is 12.8. The average molecular weight is 240 g/mol. The zero-order valence-electron chi connectivity index (χ0n) is 11.1. The van der Waals surface area contributed by atoms with E-state index in [9.17, 15) is 4.79 Å². The van der Waals surface area contributed by atoms with Crippen molar-refractivity contribution in [2.75, 3.05) is 19.8 Å². The van der Waals surface area contributed by atoms with Crippen molar-refractivity contribution in [1.29, 1.82) is 0 Å². The lowest BCUT2D eigenvalue weighted by Crippen LogP contribution is -2.61. The number of hydrogen-bond acceptors (Lipinski definition) is 3. The van der Waals surface area contributed by atoms with Crippen LogP contribution in [0.2, 0.25) is 0 Å². The fourth-order valence-corrected chi connectivity index (χ4v) is 3.02. The fraction of sp³-hybridized carbons (Fsp3) is 0.923. The largest absolute Gasteiger partial charge is 0.379 e. The summed E-state index contributed by atoms with van der Waals surface area (Å²) in [5.74, 6) is 1.20. The second kappa shape index (κ2) is 4.58. The SMILES string of the molecule is CC1CC(C)C(C)N(C(=O)C2(N)CCOC2)C1. The van der Waals surface area contributed by atoms with E-state index in [1.165, 1.54) is 6.42 Å². The molecule has 17 heavy (non-hydrogen) atoms. The second-order valence-corrected chi connectivity index (χ2v) is 5.98. The summed E-state index contributed by atoms with van der Waals surface area (Å²) in [6.45, 7) is 8.37. The molecular formula is C13H24N2O2. The highest BCUT2D eigenvalue weighted by Crippen LogP contribution is 2.30. The summed E-state index contributed by atoms with van der Waals surface area (Å²) >= 11 is 0. The third-order valence-electron chi connectivity index (χ3n) is 4.34. The summed E-state index contributed by atoms with van der Waals surface area (Å²) in [5.41, 5.74) is 5.40. The number of hydrogen-bond donors (Lipinski definition) is 1. The Labute approximate surface area is 103 Å². The minimum absolute atomic E-state index is 0.0842. The highest BCUT2D eigenvalue weighted by molar-refractivity contribution is 5.87. The van der Waals surface area contributed by atoms with E-state index in [-0.39, 0.29) is 5.91 Å². The first-order valence-electron chi connectivity index (χ1n) is 6.62. The van der Waals surface area contributed by atoms with Crippen molar-refractivity contribution < 1.29 is 9.53 Å². The number of carbonyl (C=O) groups is 1. The lowest BCUT2D eigenvalue weighted by molar-refractivity contribution is -0.143. The molecule has 0 aromatic rings. The Hall–Kier alpha value is -0.610. The maximum atomic E-state index is 12.5. The van der Waals surface area contributed by atoms with Gasteiger partial charge in [-0.2, -0.15) is 0 Å². The summed E-state index contributed by atoms with van der Waals surface area (Å²) in [5, 5.41) is 0. The molecule has 2 rings (SSSR count). The van der Waals surface area contributed by atoms with Crippen molar-refractivity contribution in [2.24, 2.45) is 17.6 Å². The maximum absolute atomic E-state index is 12.5. The molecule has 0 spiro atoms. The van der Waals surface area contributed by atoms with E-state index in [0.29, 0.717) is 37.5 Å². The smallest absolute Gasteiger partial charge is 0.245 e. The molecule has 4 nitrogen and oxygen atoms in total. The van der Waals surface area contributed by atoms with Gasteiger partial charge in [0.1, 0.15) is 5.54 Å². The van der Waals surface area contributed by atoms with Crippen LogP contribution >= 0.6 is 0 Å². The molecule has 0 saturated carbocycles. The van der Waals surface area contributed by atoms with E-state index in [0.717, 1.165) is 6.54 Å². The Balaban J connectivity index is 2.12. The Morgan fingerprint density at radius 3 is 2.71 bits per heavy atom. The van der Waals surface area contributed by atoms with E-state index in [2.05, 4.69) is 20.8 Å². The molecule has 2 fully saturated rings.